The van der Waals surface area contributed by atoms with E-state index in [1.54, 1.807) is 12.7 Å². The summed E-state index contributed by atoms with van der Waals surface area (Å²) in [5, 5.41) is 7.11. The Morgan fingerprint density at radius 3 is 1.89 bits per heavy atom. The second kappa shape index (κ2) is 9.67. The Bertz CT molecular complexity index is 2450. The molecule has 3 nitrogen and oxygen atoms in total. The number of hydrogen-bond donors (Lipinski definition) is 0. The molecule has 212 valence electrons. The molecule has 0 N–H and O–H groups in total. The minimum absolute atomic E-state index is 0.0908. The van der Waals surface area contributed by atoms with Crippen LogP contribution in [-0.4, -0.2) is 15.0 Å². The summed E-state index contributed by atoms with van der Waals surface area (Å²) in [5.41, 5.74) is 11.2. The molecule has 0 saturated carbocycles. The first-order valence-corrected chi connectivity index (χ1v) is 15.4. The first-order valence-electron chi connectivity index (χ1n) is 15.4. The zero-order chi connectivity index (χ0) is 30.1. The van der Waals surface area contributed by atoms with Crippen LogP contribution in [0.15, 0.2) is 140 Å². The van der Waals surface area contributed by atoms with Gasteiger partial charge in [-0.05, 0) is 82.9 Å². The van der Waals surface area contributed by atoms with Gasteiger partial charge in [0, 0.05) is 11.0 Å². The van der Waals surface area contributed by atoms with Crippen LogP contribution in [-0.2, 0) is 5.41 Å². The van der Waals surface area contributed by atoms with Crippen LogP contribution in [0.2, 0.25) is 0 Å². The fourth-order valence-electron chi connectivity index (χ4n) is 7.69. The molecule has 1 heterocycles. The SMILES string of the molecule is CC1(C)c2ccccc2-c2c(-c3c4ccccc4c(-c4ncncn4)c4ccc(-c5cccc6ccccc56)cc34)cccc21. The maximum atomic E-state index is 4.66. The van der Waals surface area contributed by atoms with E-state index in [2.05, 4.69) is 156 Å². The van der Waals surface area contributed by atoms with E-state index < -0.39 is 0 Å². The zero-order valence-corrected chi connectivity index (χ0v) is 25.1. The summed E-state index contributed by atoms with van der Waals surface area (Å²) in [4.78, 5) is 13.4. The van der Waals surface area contributed by atoms with E-state index >= 15 is 0 Å². The number of aromatic nitrogens is 3. The first-order chi connectivity index (χ1) is 22.1. The summed E-state index contributed by atoms with van der Waals surface area (Å²) in [7, 11) is 0. The van der Waals surface area contributed by atoms with Crippen LogP contribution < -0.4 is 0 Å². The van der Waals surface area contributed by atoms with Crippen LogP contribution in [0.4, 0.5) is 0 Å². The van der Waals surface area contributed by atoms with Crippen LogP contribution in [0.3, 0.4) is 0 Å². The monoisotopic (exact) mass is 575 g/mol. The predicted molar refractivity (Wildman–Crippen MR) is 186 cm³/mol. The summed E-state index contributed by atoms with van der Waals surface area (Å²) < 4.78 is 0. The van der Waals surface area contributed by atoms with Crippen molar-refractivity contribution < 1.29 is 0 Å². The summed E-state index contributed by atoms with van der Waals surface area (Å²) in [6, 6.07) is 46.6. The lowest BCUT2D eigenvalue weighted by Gasteiger charge is -2.22. The Labute approximate surface area is 261 Å². The first kappa shape index (κ1) is 25.8. The maximum Gasteiger partial charge on any atom is 0.163 e. The van der Waals surface area contributed by atoms with Crippen LogP contribution in [0, 0.1) is 0 Å². The van der Waals surface area contributed by atoms with Gasteiger partial charge in [0.05, 0.1) is 0 Å². The fraction of sp³-hybridized carbons (Fsp3) is 0.0714. The molecule has 0 amide bonds. The standard InChI is InChI=1S/C42H29N3/c1-42(2)36-19-8-7-16-33(36)39-34(18-10-20-37(39)42)38-30-14-5-6-15-31(30)40(41-44-24-43-25-45-41)32-22-21-27(23-35(32)38)29-17-9-12-26-11-3-4-13-28(26)29/h3-25H,1-2H3. The number of rotatable bonds is 3. The molecule has 1 aliphatic rings. The van der Waals surface area contributed by atoms with E-state index in [1.165, 1.54) is 66.1 Å². The summed E-state index contributed by atoms with van der Waals surface area (Å²) >= 11 is 0. The molecular weight excluding hydrogens is 546 g/mol. The summed E-state index contributed by atoms with van der Waals surface area (Å²) in [6.45, 7) is 4.69. The molecule has 0 fully saturated rings. The predicted octanol–water partition coefficient (Wildman–Crippen LogP) is 10.6. The Balaban J connectivity index is 1.46. The molecule has 0 spiro atoms. The van der Waals surface area contributed by atoms with Crippen LogP contribution in [0.25, 0.3) is 77.1 Å². The van der Waals surface area contributed by atoms with Crippen molar-refractivity contribution in [3.05, 3.63) is 151 Å². The maximum absolute atomic E-state index is 4.66. The molecule has 0 radical (unpaired) electrons. The van der Waals surface area contributed by atoms with Gasteiger partial charge in [-0.2, -0.15) is 0 Å². The number of benzene rings is 7. The summed E-state index contributed by atoms with van der Waals surface area (Å²) in [5.74, 6) is 0.681. The number of nitrogens with zero attached hydrogens (tertiary/aromatic N) is 3. The molecule has 0 unspecified atom stereocenters. The van der Waals surface area contributed by atoms with Crippen molar-refractivity contribution in [1.82, 2.24) is 15.0 Å². The minimum Gasteiger partial charge on any atom is -0.225 e. The number of fused-ring (bicyclic) bond motifs is 6. The van der Waals surface area contributed by atoms with E-state index in [1.807, 2.05) is 0 Å². The van der Waals surface area contributed by atoms with Crippen molar-refractivity contribution in [2.75, 3.05) is 0 Å². The average Bonchev–Trinajstić information content (AvgIpc) is 3.33. The van der Waals surface area contributed by atoms with Crippen molar-refractivity contribution in [3.8, 4) is 44.8 Å². The zero-order valence-electron chi connectivity index (χ0n) is 25.1. The van der Waals surface area contributed by atoms with Gasteiger partial charge in [0.25, 0.3) is 0 Å². The second-order valence-corrected chi connectivity index (χ2v) is 12.4. The molecule has 0 aliphatic heterocycles. The van der Waals surface area contributed by atoms with Crippen molar-refractivity contribution >= 4 is 32.3 Å². The quantitative estimate of drug-likeness (QED) is 0.197. The normalized spacial score (nSPS) is 13.3. The minimum atomic E-state index is -0.0908. The van der Waals surface area contributed by atoms with Gasteiger partial charge in [0.2, 0.25) is 0 Å². The molecule has 0 saturated heterocycles. The van der Waals surface area contributed by atoms with Crippen molar-refractivity contribution in [2.24, 2.45) is 0 Å². The third-order valence-corrected chi connectivity index (χ3v) is 9.72. The Morgan fingerprint density at radius 2 is 1.04 bits per heavy atom. The van der Waals surface area contributed by atoms with Crippen molar-refractivity contribution in [3.63, 3.8) is 0 Å². The second-order valence-electron chi connectivity index (χ2n) is 12.4. The van der Waals surface area contributed by atoms with Gasteiger partial charge in [-0.1, -0.05) is 135 Å². The highest BCUT2D eigenvalue weighted by Crippen LogP contribution is 2.54. The van der Waals surface area contributed by atoms with Gasteiger partial charge in [-0.25, -0.2) is 15.0 Å². The van der Waals surface area contributed by atoms with E-state index in [-0.39, 0.29) is 5.41 Å². The lowest BCUT2D eigenvalue weighted by Crippen LogP contribution is -2.14. The molecule has 8 aromatic rings. The Morgan fingerprint density at radius 1 is 0.444 bits per heavy atom. The van der Waals surface area contributed by atoms with E-state index in [0.717, 1.165) is 16.3 Å². The number of hydrogen-bond acceptors (Lipinski definition) is 3. The third-order valence-electron chi connectivity index (χ3n) is 9.72. The highest BCUT2D eigenvalue weighted by atomic mass is 15.0. The summed E-state index contributed by atoms with van der Waals surface area (Å²) in [6.07, 6.45) is 3.18. The Kier molecular flexibility index (Phi) is 5.54. The van der Waals surface area contributed by atoms with E-state index in [0.29, 0.717) is 5.82 Å². The lowest BCUT2D eigenvalue weighted by molar-refractivity contribution is 0.660. The molecule has 1 aliphatic carbocycles. The molecule has 0 bridgehead atoms. The van der Waals surface area contributed by atoms with E-state index in [9.17, 15) is 0 Å². The van der Waals surface area contributed by atoms with Gasteiger partial charge in [-0.3, -0.25) is 0 Å². The topological polar surface area (TPSA) is 38.7 Å². The Hall–Kier alpha value is -5.67. The molecule has 1 aromatic heterocycles. The third kappa shape index (κ3) is 3.74. The van der Waals surface area contributed by atoms with Gasteiger partial charge >= 0.3 is 0 Å². The van der Waals surface area contributed by atoms with Crippen LogP contribution >= 0.6 is 0 Å². The highest BCUT2D eigenvalue weighted by Gasteiger charge is 2.37. The highest BCUT2D eigenvalue weighted by molar-refractivity contribution is 6.23. The molecule has 45 heavy (non-hydrogen) atoms. The van der Waals surface area contributed by atoms with Gasteiger partial charge in [-0.15, -0.1) is 0 Å². The van der Waals surface area contributed by atoms with Gasteiger partial charge < -0.3 is 0 Å². The molecule has 3 heteroatoms. The molecule has 7 aromatic carbocycles. The largest absolute Gasteiger partial charge is 0.225 e. The molecule has 0 atom stereocenters. The van der Waals surface area contributed by atoms with Gasteiger partial charge in [0.1, 0.15) is 12.7 Å². The van der Waals surface area contributed by atoms with Crippen LogP contribution in [0.1, 0.15) is 25.0 Å². The smallest absolute Gasteiger partial charge is 0.163 e. The van der Waals surface area contributed by atoms with E-state index in [4.69, 9.17) is 0 Å². The van der Waals surface area contributed by atoms with Crippen LogP contribution in [0.5, 0.6) is 0 Å². The van der Waals surface area contributed by atoms with Gasteiger partial charge in [0.15, 0.2) is 5.82 Å². The fourth-order valence-corrected chi connectivity index (χ4v) is 7.69. The molecular formula is C42H29N3. The van der Waals surface area contributed by atoms with Crippen molar-refractivity contribution in [2.45, 2.75) is 19.3 Å². The van der Waals surface area contributed by atoms with Crippen molar-refractivity contribution in [1.29, 1.82) is 0 Å². The lowest BCUT2D eigenvalue weighted by atomic mass is 9.81. The average molecular weight is 576 g/mol. The molecule has 9 rings (SSSR count).